The minimum absolute atomic E-state index is 0.0223. The Kier molecular flexibility index (Phi) is 5.01. The number of thiophene rings is 1. The van der Waals surface area contributed by atoms with E-state index in [-0.39, 0.29) is 11.5 Å². The van der Waals surface area contributed by atoms with Crippen LogP contribution in [0.3, 0.4) is 0 Å². The van der Waals surface area contributed by atoms with Crippen LogP contribution in [0.15, 0.2) is 9.95 Å². The van der Waals surface area contributed by atoms with Crippen molar-refractivity contribution in [3.8, 4) is 0 Å². The lowest BCUT2D eigenvalue weighted by molar-refractivity contribution is -0.139. The maximum absolute atomic E-state index is 13.0. The van der Waals surface area contributed by atoms with Crippen molar-refractivity contribution in [1.82, 2.24) is 9.55 Å². The topological polar surface area (TPSA) is 61.2 Å². The van der Waals surface area contributed by atoms with Gasteiger partial charge in [-0.1, -0.05) is 18.7 Å². The van der Waals surface area contributed by atoms with Crippen molar-refractivity contribution in [1.29, 1.82) is 0 Å². The van der Waals surface area contributed by atoms with Crippen molar-refractivity contribution in [3.05, 3.63) is 20.8 Å². The normalized spacial score (nSPS) is 18.4. The number of methoxy groups -OCH3 is 1. The predicted molar refractivity (Wildman–Crippen MR) is 98.1 cm³/mol. The monoisotopic (exact) mass is 366 g/mol. The van der Waals surface area contributed by atoms with E-state index in [2.05, 4.69) is 6.92 Å². The lowest BCUT2D eigenvalue weighted by Gasteiger charge is -2.17. The summed E-state index contributed by atoms with van der Waals surface area (Å²) in [5, 5.41) is 0.991. The highest BCUT2D eigenvalue weighted by Crippen LogP contribution is 2.36. The summed E-state index contributed by atoms with van der Waals surface area (Å²) in [5.74, 6) is 0.350. The molecule has 7 heteroatoms. The quantitative estimate of drug-likeness (QED) is 0.472. The van der Waals surface area contributed by atoms with E-state index in [9.17, 15) is 9.59 Å². The van der Waals surface area contributed by atoms with Gasteiger partial charge in [0.1, 0.15) is 10.1 Å². The van der Waals surface area contributed by atoms with Crippen molar-refractivity contribution in [3.63, 3.8) is 0 Å². The highest BCUT2D eigenvalue weighted by atomic mass is 32.2. The fraction of sp³-hybridized carbons (Fsp3) is 0.588. The first kappa shape index (κ1) is 17.5. The number of carbonyl (C=O) groups excluding carboxylic acids is 1. The van der Waals surface area contributed by atoms with Crippen molar-refractivity contribution in [2.45, 2.75) is 57.0 Å². The number of aromatic nitrogens is 2. The fourth-order valence-corrected chi connectivity index (χ4v) is 5.57. The molecule has 3 rings (SSSR count). The number of aryl methyl sites for hydroxylation is 1. The fourth-order valence-electron chi connectivity index (χ4n) is 3.15. The van der Waals surface area contributed by atoms with Crippen LogP contribution in [0.4, 0.5) is 0 Å². The molecule has 0 amide bonds. The van der Waals surface area contributed by atoms with Gasteiger partial charge in [-0.3, -0.25) is 14.2 Å². The molecule has 1 aliphatic rings. The van der Waals surface area contributed by atoms with Crippen molar-refractivity contribution < 1.29 is 9.53 Å². The Labute approximate surface area is 149 Å². The molecule has 5 nitrogen and oxygen atoms in total. The summed E-state index contributed by atoms with van der Waals surface area (Å²) in [5.41, 5.74) is 1.22. The summed E-state index contributed by atoms with van der Waals surface area (Å²) in [6, 6.07) is 0. The van der Waals surface area contributed by atoms with E-state index in [1.165, 1.54) is 29.3 Å². The van der Waals surface area contributed by atoms with Crippen LogP contribution in [-0.2, 0) is 28.9 Å². The molecule has 2 aromatic rings. The van der Waals surface area contributed by atoms with Crippen molar-refractivity contribution in [2.24, 2.45) is 5.92 Å². The summed E-state index contributed by atoms with van der Waals surface area (Å²) in [7, 11) is 1.37. The Morgan fingerprint density at radius 3 is 2.96 bits per heavy atom. The van der Waals surface area contributed by atoms with Gasteiger partial charge in [0.05, 0.1) is 12.5 Å². The molecule has 0 N–H and O–H groups in total. The highest BCUT2D eigenvalue weighted by molar-refractivity contribution is 8.00. The smallest absolute Gasteiger partial charge is 0.318 e. The number of esters is 1. The molecular formula is C17H22N2O3S2. The van der Waals surface area contributed by atoms with E-state index in [1.807, 2.05) is 6.92 Å². The van der Waals surface area contributed by atoms with E-state index in [1.54, 1.807) is 22.8 Å². The average Bonchev–Trinajstić information content (AvgIpc) is 2.91. The molecule has 0 spiro atoms. The van der Waals surface area contributed by atoms with Gasteiger partial charge < -0.3 is 4.74 Å². The largest absolute Gasteiger partial charge is 0.468 e. The van der Waals surface area contributed by atoms with E-state index in [0.29, 0.717) is 17.6 Å². The molecule has 0 saturated heterocycles. The van der Waals surface area contributed by atoms with Crippen LogP contribution in [0.1, 0.15) is 37.6 Å². The second-order valence-corrected chi connectivity index (χ2v) is 8.65. The molecule has 2 aromatic heterocycles. The van der Waals surface area contributed by atoms with Gasteiger partial charge in [-0.05, 0) is 44.6 Å². The zero-order chi connectivity index (χ0) is 17.4. The molecule has 24 heavy (non-hydrogen) atoms. The molecule has 130 valence electrons. The first-order chi connectivity index (χ1) is 11.5. The number of nitrogens with zero attached hydrogens (tertiary/aromatic N) is 2. The van der Waals surface area contributed by atoms with Gasteiger partial charge in [0.25, 0.3) is 5.56 Å². The number of hydrogen-bond acceptors (Lipinski definition) is 6. The van der Waals surface area contributed by atoms with Gasteiger partial charge >= 0.3 is 5.97 Å². The second kappa shape index (κ2) is 6.88. The van der Waals surface area contributed by atoms with E-state index < -0.39 is 5.25 Å². The standard InChI is InChI=1S/C17H22N2O3S2/c1-5-19-15(20)13-11-7-6-9(2)8-12(11)24-14(13)18-17(19)23-10(3)16(21)22-4/h9-10H,5-8H2,1-4H3/t9-,10-/m0/s1. The van der Waals surface area contributed by atoms with Crippen LogP contribution in [-0.4, -0.2) is 27.9 Å². The molecule has 1 aliphatic carbocycles. The van der Waals surface area contributed by atoms with Gasteiger partial charge in [0.2, 0.25) is 0 Å². The first-order valence-corrected chi connectivity index (χ1v) is 9.95. The molecular weight excluding hydrogens is 344 g/mol. The number of hydrogen-bond donors (Lipinski definition) is 0. The van der Waals surface area contributed by atoms with Gasteiger partial charge in [0.15, 0.2) is 5.16 Å². The minimum atomic E-state index is -0.397. The van der Waals surface area contributed by atoms with Gasteiger partial charge in [0, 0.05) is 11.4 Å². The Hall–Kier alpha value is -1.34. The summed E-state index contributed by atoms with van der Waals surface area (Å²) in [6.45, 7) is 6.50. The zero-order valence-corrected chi connectivity index (χ0v) is 16.1. The number of carbonyl (C=O) groups is 1. The van der Waals surface area contributed by atoms with Crippen LogP contribution in [0.5, 0.6) is 0 Å². The maximum Gasteiger partial charge on any atom is 0.318 e. The molecule has 2 atom stereocenters. The number of ether oxygens (including phenoxy) is 1. The molecule has 0 fully saturated rings. The van der Waals surface area contributed by atoms with Gasteiger partial charge in [-0.25, -0.2) is 4.98 Å². The number of thioether (sulfide) groups is 1. The minimum Gasteiger partial charge on any atom is -0.468 e. The van der Waals surface area contributed by atoms with Crippen molar-refractivity contribution >= 4 is 39.3 Å². The molecule has 0 unspecified atom stereocenters. The molecule has 0 radical (unpaired) electrons. The molecule has 0 saturated carbocycles. The number of fused-ring (bicyclic) bond motifs is 3. The van der Waals surface area contributed by atoms with Crippen LogP contribution in [0, 0.1) is 5.92 Å². The van der Waals surface area contributed by atoms with Gasteiger partial charge in [-0.2, -0.15) is 0 Å². The van der Waals surface area contributed by atoms with Crippen LogP contribution < -0.4 is 5.56 Å². The Morgan fingerprint density at radius 1 is 1.54 bits per heavy atom. The molecule has 0 aliphatic heterocycles. The second-order valence-electron chi connectivity index (χ2n) is 6.26. The van der Waals surface area contributed by atoms with E-state index in [0.717, 1.165) is 29.5 Å². The van der Waals surface area contributed by atoms with E-state index in [4.69, 9.17) is 9.72 Å². The third-order valence-corrected chi connectivity index (χ3v) is 6.73. The Balaban J connectivity index is 2.11. The molecule has 2 heterocycles. The Bertz CT molecular complexity index is 840. The SMILES string of the molecule is CCn1c(S[C@@H](C)C(=O)OC)nc2sc3c(c2c1=O)CC[C@H](C)C3. The van der Waals surface area contributed by atoms with Crippen LogP contribution in [0.2, 0.25) is 0 Å². The van der Waals surface area contributed by atoms with Gasteiger partial charge in [-0.15, -0.1) is 11.3 Å². The highest BCUT2D eigenvalue weighted by Gasteiger charge is 2.25. The Morgan fingerprint density at radius 2 is 2.29 bits per heavy atom. The predicted octanol–water partition coefficient (Wildman–Crippen LogP) is 3.26. The maximum atomic E-state index is 13.0. The third kappa shape index (κ3) is 2.99. The zero-order valence-electron chi connectivity index (χ0n) is 14.4. The summed E-state index contributed by atoms with van der Waals surface area (Å²) in [4.78, 5) is 31.6. The van der Waals surface area contributed by atoms with Crippen LogP contribution in [0.25, 0.3) is 10.2 Å². The first-order valence-electron chi connectivity index (χ1n) is 8.25. The molecule has 0 aromatic carbocycles. The average molecular weight is 367 g/mol. The van der Waals surface area contributed by atoms with Crippen molar-refractivity contribution in [2.75, 3.05) is 7.11 Å². The van der Waals surface area contributed by atoms with E-state index >= 15 is 0 Å². The lowest BCUT2D eigenvalue weighted by Crippen LogP contribution is -2.25. The lowest BCUT2D eigenvalue weighted by atomic mass is 9.89. The summed E-state index contributed by atoms with van der Waals surface area (Å²) >= 11 is 2.93. The summed E-state index contributed by atoms with van der Waals surface area (Å²) in [6.07, 6.45) is 3.12. The number of rotatable bonds is 4. The molecule has 0 bridgehead atoms. The summed E-state index contributed by atoms with van der Waals surface area (Å²) < 4.78 is 6.46. The van der Waals surface area contributed by atoms with Crippen LogP contribution >= 0.6 is 23.1 Å². The third-order valence-electron chi connectivity index (χ3n) is 4.51.